The second-order valence-corrected chi connectivity index (χ2v) is 5.20. The van der Waals surface area contributed by atoms with Crippen LogP contribution in [0, 0.1) is 17.0 Å². The lowest BCUT2D eigenvalue weighted by Crippen LogP contribution is -2.43. The molecule has 0 radical (unpaired) electrons. The van der Waals surface area contributed by atoms with Gasteiger partial charge < -0.3 is 5.73 Å². The molecule has 0 aliphatic carbocycles. The maximum atomic E-state index is 13.4. The van der Waals surface area contributed by atoms with E-state index in [-0.39, 0.29) is 23.2 Å². The van der Waals surface area contributed by atoms with Gasteiger partial charge in [0.1, 0.15) is 0 Å². The second-order valence-electron chi connectivity index (χ2n) is 5.20. The third-order valence-corrected chi connectivity index (χ3v) is 2.68. The molecule has 0 aliphatic heterocycles. The monoisotopic (exact) mass is 241 g/mol. The molecule has 0 aliphatic rings. The molecule has 1 rings (SSSR count). The van der Waals surface area contributed by atoms with E-state index in [1.165, 1.54) is 12.1 Å². The van der Waals surface area contributed by atoms with Crippen molar-refractivity contribution in [1.82, 2.24) is 0 Å². The summed E-state index contributed by atoms with van der Waals surface area (Å²) in [6, 6.07) is 3.10. The molecule has 0 aromatic heterocycles. The van der Waals surface area contributed by atoms with E-state index in [4.69, 9.17) is 5.73 Å². The first-order valence-corrected chi connectivity index (χ1v) is 5.44. The smallest absolute Gasteiger partial charge is 0.162 e. The topological polar surface area (TPSA) is 43.1 Å². The summed E-state index contributed by atoms with van der Waals surface area (Å²) in [6.07, 6.45) is -0.179. The van der Waals surface area contributed by atoms with E-state index in [9.17, 15) is 13.6 Å². The fourth-order valence-corrected chi connectivity index (χ4v) is 1.47. The van der Waals surface area contributed by atoms with Crippen LogP contribution in [0.25, 0.3) is 0 Å². The Morgan fingerprint density at radius 1 is 1.35 bits per heavy atom. The molecule has 0 spiro atoms. The van der Waals surface area contributed by atoms with Crippen LogP contribution in [0.15, 0.2) is 18.2 Å². The number of hydrogen-bond acceptors (Lipinski definition) is 2. The summed E-state index contributed by atoms with van der Waals surface area (Å²) in [7, 11) is 0. The molecule has 94 valence electrons. The largest absolute Gasteiger partial charge is 0.321 e. The molecule has 1 atom stereocenters. The van der Waals surface area contributed by atoms with E-state index in [0.29, 0.717) is 0 Å². The minimum Gasteiger partial charge on any atom is -0.321 e. The molecule has 1 aromatic rings. The van der Waals surface area contributed by atoms with Crippen molar-refractivity contribution in [2.45, 2.75) is 33.2 Å². The lowest BCUT2D eigenvalue weighted by Gasteiger charge is -2.25. The Morgan fingerprint density at radius 2 is 1.94 bits per heavy atom. The second kappa shape index (κ2) is 4.92. The van der Waals surface area contributed by atoms with Gasteiger partial charge in [-0.05, 0) is 17.0 Å². The van der Waals surface area contributed by atoms with E-state index in [1.54, 1.807) is 0 Å². The zero-order valence-electron chi connectivity index (χ0n) is 10.3. The lowest BCUT2D eigenvalue weighted by molar-refractivity contribution is -0.121. The maximum absolute atomic E-state index is 13.4. The van der Waals surface area contributed by atoms with Crippen molar-refractivity contribution in [1.29, 1.82) is 0 Å². The lowest BCUT2D eigenvalue weighted by atomic mass is 9.83. The fourth-order valence-electron chi connectivity index (χ4n) is 1.47. The molecule has 4 heteroatoms. The normalized spacial score (nSPS) is 13.5. The summed E-state index contributed by atoms with van der Waals surface area (Å²) in [5.41, 5.74) is 5.43. The van der Waals surface area contributed by atoms with Crippen LogP contribution < -0.4 is 5.73 Å². The minimum absolute atomic E-state index is 0.0506. The molecule has 2 nitrogen and oxygen atoms in total. The van der Waals surface area contributed by atoms with Gasteiger partial charge in [0.05, 0.1) is 6.04 Å². The predicted molar refractivity (Wildman–Crippen MR) is 62.5 cm³/mol. The molecular formula is C13H17F2NO. The standard InChI is InChI=1S/C13H17F2NO/c1-13(2,3)12(16)10(17)7-8-5-4-6-9(14)11(8)15/h4-6,12H,7,16H2,1-3H3. The Hall–Kier alpha value is -1.29. The highest BCUT2D eigenvalue weighted by atomic mass is 19.2. The molecule has 0 bridgehead atoms. The van der Waals surface area contributed by atoms with Crippen LogP contribution in [-0.4, -0.2) is 11.8 Å². The summed E-state index contributed by atoms with van der Waals surface area (Å²) in [5, 5.41) is 0. The van der Waals surface area contributed by atoms with Gasteiger partial charge in [-0.25, -0.2) is 8.78 Å². The summed E-state index contributed by atoms with van der Waals surface area (Å²) in [5.74, 6) is -2.21. The Labute approximate surface area is 99.8 Å². The van der Waals surface area contributed by atoms with Crippen LogP contribution in [0.4, 0.5) is 8.78 Å². The van der Waals surface area contributed by atoms with Crippen molar-refractivity contribution >= 4 is 5.78 Å². The molecule has 0 heterocycles. The van der Waals surface area contributed by atoms with Crippen LogP contribution in [-0.2, 0) is 11.2 Å². The number of hydrogen-bond donors (Lipinski definition) is 1. The number of carbonyl (C=O) groups excluding carboxylic acids is 1. The van der Waals surface area contributed by atoms with Crippen molar-refractivity contribution in [2.24, 2.45) is 11.1 Å². The third kappa shape index (κ3) is 3.33. The van der Waals surface area contributed by atoms with Crippen LogP contribution >= 0.6 is 0 Å². The van der Waals surface area contributed by atoms with Gasteiger partial charge in [0.2, 0.25) is 0 Å². The van der Waals surface area contributed by atoms with Crippen LogP contribution in [0.1, 0.15) is 26.3 Å². The van der Waals surface area contributed by atoms with Crippen molar-refractivity contribution < 1.29 is 13.6 Å². The van der Waals surface area contributed by atoms with Gasteiger partial charge in [-0.2, -0.15) is 0 Å². The van der Waals surface area contributed by atoms with Gasteiger partial charge in [0.25, 0.3) is 0 Å². The number of rotatable bonds is 3. The van der Waals surface area contributed by atoms with Crippen molar-refractivity contribution in [2.75, 3.05) is 0 Å². The first-order valence-electron chi connectivity index (χ1n) is 5.44. The van der Waals surface area contributed by atoms with Crippen molar-refractivity contribution in [3.63, 3.8) is 0 Å². The highest BCUT2D eigenvalue weighted by Gasteiger charge is 2.27. The quantitative estimate of drug-likeness (QED) is 0.883. The number of halogens is 2. The Morgan fingerprint density at radius 3 is 2.47 bits per heavy atom. The molecule has 0 saturated heterocycles. The highest BCUT2D eigenvalue weighted by Crippen LogP contribution is 2.20. The number of nitrogens with two attached hydrogens (primary N) is 1. The zero-order valence-corrected chi connectivity index (χ0v) is 10.3. The van der Waals surface area contributed by atoms with Crippen molar-refractivity contribution in [3.05, 3.63) is 35.4 Å². The van der Waals surface area contributed by atoms with Crippen LogP contribution in [0.3, 0.4) is 0 Å². The van der Waals surface area contributed by atoms with Crippen LogP contribution in [0.2, 0.25) is 0 Å². The number of benzene rings is 1. The van der Waals surface area contributed by atoms with Gasteiger partial charge in [-0.15, -0.1) is 0 Å². The minimum atomic E-state index is -0.970. The predicted octanol–water partition coefficient (Wildman–Crippen LogP) is 2.45. The summed E-state index contributed by atoms with van der Waals surface area (Å²) in [6.45, 7) is 5.49. The molecule has 0 amide bonds. The Balaban J connectivity index is 2.86. The molecule has 1 aromatic carbocycles. The number of Topliss-reactive ketones (excluding diaryl/α,β-unsaturated/α-hetero) is 1. The van der Waals surface area contributed by atoms with E-state index in [1.807, 2.05) is 20.8 Å². The summed E-state index contributed by atoms with van der Waals surface area (Å²) in [4.78, 5) is 11.8. The molecule has 2 N–H and O–H groups in total. The van der Waals surface area contributed by atoms with Gasteiger partial charge in [0, 0.05) is 6.42 Å². The first kappa shape index (κ1) is 13.8. The van der Waals surface area contributed by atoms with Crippen molar-refractivity contribution in [3.8, 4) is 0 Å². The van der Waals surface area contributed by atoms with Gasteiger partial charge in [-0.3, -0.25) is 4.79 Å². The van der Waals surface area contributed by atoms with Gasteiger partial charge >= 0.3 is 0 Å². The van der Waals surface area contributed by atoms with E-state index < -0.39 is 17.7 Å². The van der Waals surface area contributed by atoms with E-state index in [2.05, 4.69) is 0 Å². The molecule has 0 saturated carbocycles. The summed E-state index contributed by atoms with van der Waals surface area (Å²) >= 11 is 0. The van der Waals surface area contributed by atoms with E-state index in [0.717, 1.165) is 6.07 Å². The maximum Gasteiger partial charge on any atom is 0.162 e. The zero-order chi connectivity index (χ0) is 13.2. The molecule has 1 unspecified atom stereocenters. The van der Waals surface area contributed by atoms with Crippen LogP contribution in [0.5, 0.6) is 0 Å². The molecule has 17 heavy (non-hydrogen) atoms. The van der Waals surface area contributed by atoms with Gasteiger partial charge in [0.15, 0.2) is 17.4 Å². The Kier molecular flexibility index (Phi) is 3.98. The highest BCUT2D eigenvalue weighted by molar-refractivity contribution is 5.86. The molecular weight excluding hydrogens is 224 g/mol. The SMILES string of the molecule is CC(C)(C)C(N)C(=O)Cc1cccc(F)c1F. The number of carbonyl (C=O) groups is 1. The van der Waals surface area contributed by atoms with E-state index >= 15 is 0 Å². The number of ketones is 1. The summed E-state index contributed by atoms with van der Waals surface area (Å²) < 4.78 is 26.3. The Bertz CT molecular complexity index is 424. The fraction of sp³-hybridized carbons (Fsp3) is 0.462. The average molecular weight is 241 g/mol. The third-order valence-electron chi connectivity index (χ3n) is 2.68. The van der Waals surface area contributed by atoms with Gasteiger partial charge in [-0.1, -0.05) is 32.9 Å². The molecule has 0 fully saturated rings. The average Bonchev–Trinajstić information content (AvgIpc) is 2.22. The first-order chi connectivity index (χ1) is 7.73.